The predicted octanol–water partition coefficient (Wildman–Crippen LogP) is 3.16. The molecule has 1 aromatic rings. The molecule has 0 fully saturated rings. The first-order chi connectivity index (χ1) is 8.62. The zero-order chi connectivity index (χ0) is 13.5. The van der Waals surface area contributed by atoms with E-state index in [4.69, 9.17) is 0 Å². The van der Waals surface area contributed by atoms with Crippen LogP contribution in [0.25, 0.3) is 0 Å². The van der Waals surface area contributed by atoms with Gasteiger partial charge in [0.05, 0.1) is 4.92 Å². The third kappa shape index (κ3) is 3.81. The van der Waals surface area contributed by atoms with Crippen molar-refractivity contribution in [1.29, 1.82) is 0 Å². The zero-order valence-corrected chi connectivity index (χ0v) is 11.3. The number of nitrogens with one attached hydrogen (secondary N) is 1. The van der Waals surface area contributed by atoms with Gasteiger partial charge in [0.2, 0.25) is 0 Å². The minimum atomic E-state index is -0.361. The van der Waals surface area contributed by atoms with Crippen LogP contribution in [0.15, 0.2) is 24.3 Å². The van der Waals surface area contributed by atoms with Gasteiger partial charge in [0.25, 0.3) is 5.69 Å². The fourth-order valence-corrected chi connectivity index (χ4v) is 2.37. The Balaban J connectivity index is 2.72. The van der Waals surface area contributed by atoms with Crippen LogP contribution in [0.5, 0.6) is 0 Å². The number of benzene rings is 1. The number of non-ortho nitro benzene ring substituents is 1. The van der Waals surface area contributed by atoms with E-state index in [-0.39, 0.29) is 10.6 Å². The first-order valence-electron chi connectivity index (χ1n) is 6.52. The van der Waals surface area contributed by atoms with Crippen molar-refractivity contribution in [2.45, 2.75) is 39.2 Å². The van der Waals surface area contributed by atoms with E-state index in [1.807, 2.05) is 19.2 Å². The lowest BCUT2D eigenvalue weighted by molar-refractivity contribution is -0.384. The molecule has 1 unspecified atom stereocenters. The predicted molar refractivity (Wildman–Crippen MR) is 73.7 cm³/mol. The van der Waals surface area contributed by atoms with Crippen LogP contribution in [0.1, 0.15) is 32.3 Å². The van der Waals surface area contributed by atoms with Gasteiger partial charge in [-0.3, -0.25) is 10.1 Å². The second-order valence-corrected chi connectivity index (χ2v) is 4.60. The summed E-state index contributed by atoms with van der Waals surface area (Å²) in [5.41, 5.74) is 1.30. The van der Waals surface area contributed by atoms with Crippen LogP contribution in [-0.2, 0) is 6.42 Å². The molecule has 1 rings (SSSR count). The van der Waals surface area contributed by atoms with Crippen LogP contribution in [0.3, 0.4) is 0 Å². The molecule has 0 amide bonds. The molecule has 0 aliphatic carbocycles. The SMILES string of the molecule is CCC(CC)C(Cc1ccc([N+](=O)[O-])cc1)NC. The van der Waals surface area contributed by atoms with E-state index in [1.54, 1.807) is 12.1 Å². The van der Waals surface area contributed by atoms with Gasteiger partial charge in [-0.1, -0.05) is 38.8 Å². The maximum atomic E-state index is 10.6. The third-order valence-corrected chi connectivity index (χ3v) is 3.59. The first-order valence-corrected chi connectivity index (χ1v) is 6.52. The number of likely N-dealkylation sites (N-methyl/N-ethyl adjacent to an activating group) is 1. The average molecular weight is 250 g/mol. The molecule has 4 nitrogen and oxygen atoms in total. The van der Waals surface area contributed by atoms with Crippen LogP contribution in [0, 0.1) is 16.0 Å². The van der Waals surface area contributed by atoms with E-state index in [9.17, 15) is 10.1 Å². The first kappa shape index (κ1) is 14.6. The molecular formula is C14H22N2O2. The Hall–Kier alpha value is -1.42. The molecular weight excluding hydrogens is 228 g/mol. The Morgan fingerprint density at radius 3 is 2.17 bits per heavy atom. The summed E-state index contributed by atoms with van der Waals surface area (Å²) in [5.74, 6) is 0.644. The van der Waals surface area contributed by atoms with Crippen LogP contribution in [-0.4, -0.2) is 18.0 Å². The fraction of sp³-hybridized carbons (Fsp3) is 0.571. The normalized spacial score (nSPS) is 12.7. The Morgan fingerprint density at radius 1 is 1.22 bits per heavy atom. The standard InChI is InChI=1S/C14H22N2O2/c1-4-12(5-2)14(15-3)10-11-6-8-13(9-7-11)16(17)18/h6-9,12,14-15H,4-5,10H2,1-3H3. The maximum Gasteiger partial charge on any atom is 0.269 e. The molecule has 0 aliphatic rings. The van der Waals surface area contributed by atoms with E-state index in [0.29, 0.717) is 12.0 Å². The van der Waals surface area contributed by atoms with Crippen molar-refractivity contribution in [2.75, 3.05) is 7.05 Å². The number of rotatable bonds is 7. The summed E-state index contributed by atoms with van der Waals surface area (Å²) in [5, 5.41) is 13.9. The molecule has 0 bridgehead atoms. The van der Waals surface area contributed by atoms with Crippen molar-refractivity contribution >= 4 is 5.69 Å². The van der Waals surface area contributed by atoms with Crippen molar-refractivity contribution in [3.8, 4) is 0 Å². The van der Waals surface area contributed by atoms with E-state index >= 15 is 0 Å². The van der Waals surface area contributed by atoms with Gasteiger partial charge in [-0.25, -0.2) is 0 Å². The Labute approximate surface area is 109 Å². The highest BCUT2D eigenvalue weighted by atomic mass is 16.6. The summed E-state index contributed by atoms with van der Waals surface area (Å²) >= 11 is 0. The molecule has 18 heavy (non-hydrogen) atoms. The Kier molecular flexibility index (Phi) is 5.78. The number of hydrogen-bond acceptors (Lipinski definition) is 3. The van der Waals surface area contributed by atoms with E-state index in [1.165, 1.54) is 0 Å². The lowest BCUT2D eigenvalue weighted by atomic mass is 9.89. The van der Waals surface area contributed by atoms with Gasteiger partial charge in [0.15, 0.2) is 0 Å². The van der Waals surface area contributed by atoms with E-state index < -0.39 is 0 Å². The quantitative estimate of drug-likeness (QED) is 0.597. The van der Waals surface area contributed by atoms with E-state index in [2.05, 4.69) is 19.2 Å². The molecule has 0 saturated heterocycles. The molecule has 1 atom stereocenters. The largest absolute Gasteiger partial charge is 0.316 e. The summed E-state index contributed by atoms with van der Waals surface area (Å²) in [6, 6.07) is 7.29. The van der Waals surface area contributed by atoms with Gasteiger partial charge < -0.3 is 5.32 Å². The number of hydrogen-bond donors (Lipinski definition) is 1. The van der Waals surface area contributed by atoms with E-state index in [0.717, 1.165) is 24.8 Å². The molecule has 4 heteroatoms. The summed E-state index contributed by atoms with van der Waals surface area (Å²) in [4.78, 5) is 10.2. The van der Waals surface area contributed by atoms with Crippen LogP contribution in [0.4, 0.5) is 5.69 Å². The van der Waals surface area contributed by atoms with Crippen molar-refractivity contribution in [3.05, 3.63) is 39.9 Å². The highest BCUT2D eigenvalue weighted by molar-refractivity contribution is 5.33. The molecule has 0 aliphatic heterocycles. The summed E-state index contributed by atoms with van der Waals surface area (Å²) < 4.78 is 0. The molecule has 0 heterocycles. The number of nitro benzene ring substituents is 1. The van der Waals surface area contributed by atoms with Gasteiger partial charge in [-0.05, 0) is 24.9 Å². The average Bonchev–Trinajstić information content (AvgIpc) is 2.39. The highest BCUT2D eigenvalue weighted by Crippen LogP contribution is 2.19. The van der Waals surface area contributed by atoms with Crippen molar-refractivity contribution < 1.29 is 4.92 Å². The third-order valence-electron chi connectivity index (χ3n) is 3.59. The number of nitro groups is 1. The maximum absolute atomic E-state index is 10.6. The van der Waals surface area contributed by atoms with Gasteiger partial charge in [0.1, 0.15) is 0 Å². The zero-order valence-electron chi connectivity index (χ0n) is 11.3. The topological polar surface area (TPSA) is 55.2 Å². The molecule has 100 valence electrons. The van der Waals surface area contributed by atoms with Crippen LogP contribution < -0.4 is 5.32 Å². The summed E-state index contributed by atoms with van der Waals surface area (Å²) in [6.45, 7) is 4.41. The molecule has 0 saturated carbocycles. The fourth-order valence-electron chi connectivity index (χ4n) is 2.37. The van der Waals surface area contributed by atoms with Crippen molar-refractivity contribution in [3.63, 3.8) is 0 Å². The number of nitrogens with zero attached hydrogens (tertiary/aromatic N) is 1. The minimum Gasteiger partial charge on any atom is -0.316 e. The molecule has 1 N–H and O–H groups in total. The lowest BCUT2D eigenvalue weighted by Crippen LogP contribution is -2.35. The molecule has 0 radical (unpaired) electrons. The van der Waals surface area contributed by atoms with Crippen molar-refractivity contribution in [2.24, 2.45) is 5.92 Å². The minimum absolute atomic E-state index is 0.155. The Bertz CT molecular complexity index is 372. The van der Waals surface area contributed by atoms with Crippen LogP contribution >= 0.6 is 0 Å². The highest BCUT2D eigenvalue weighted by Gasteiger charge is 2.17. The van der Waals surface area contributed by atoms with Gasteiger partial charge >= 0.3 is 0 Å². The molecule has 0 spiro atoms. The molecule has 0 aromatic heterocycles. The van der Waals surface area contributed by atoms with Gasteiger partial charge in [-0.15, -0.1) is 0 Å². The van der Waals surface area contributed by atoms with Crippen LogP contribution in [0.2, 0.25) is 0 Å². The second-order valence-electron chi connectivity index (χ2n) is 4.60. The van der Waals surface area contributed by atoms with Gasteiger partial charge in [0, 0.05) is 18.2 Å². The van der Waals surface area contributed by atoms with Crippen molar-refractivity contribution in [1.82, 2.24) is 5.32 Å². The summed E-state index contributed by atoms with van der Waals surface area (Å²) in [6.07, 6.45) is 3.21. The second kappa shape index (κ2) is 7.11. The van der Waals surface area contributed by atoms with Gasteiger partial charge in [-0.2, -0.15) is 0 Å². The smallest absolute Gasteiger partial charge is 0.269 e. The molecule has 1 aromatic carbocycles. The summed E-state index contributed by atoms with van der Waals surface area (Å²) in [7, 11) is 1.98. The lowest BCUT2D eigenvalue weighted by Gasteiger charge is -2.25. The monoisotopic (exact) mass is 250 g/mol. The Morgan fingerprint density at radius 2 is 1.78 bits per heavy atom.